The highest BCUT2D eigenvalue weighted by Gasteiger charge is 2.22. The summed E-state index contributed by atoms with van der Waals surface area (Å²) in [5.41, 5.74) is 1.46. The first-order chi connectivity index (χ1) is 13.4. The van der Waals surface area contributed by atoms with Gasteiger partial charge in [-0.15, -0.1) is 0 Å². The summed E-state index contributed by atoms with van der Waals surface area (Å²) in [6.45, 7) is 8.27. The van der Waals surface area contributed by atoms with Crippen molar-refractivity contribution >= 4 is 10.8 Å². The minimum absolute atomic E-state index is 0.804. The van der Waals surface area contributed by atoms with E-state index in [4.69, 9.17) is 4.74 Å². The third-order valence-electron chi connectivity index (χ3n) is 5.64. The average Bonchev–Trinajstić information content (AvgIpc) is 2.73. The van der Waals surface area contributed by atoms with E-state index in [1.807, 2.05) is 0 Å². The van der Waals surface area contributed by atoms with E-state index in [0.29, 0.717) is 0 Å². The van der Waals surface area contributed by atoms with E-state index in [0.717, 1.165) is 25.3 Å². The van der Waals surface area contributed by atoms with Gasteiger partial charge in [-0.25, -0.2) is 0 Å². The van der Waals surface area contributed by atoms with Crippen molar-refractivity contribution in [2.75, 3.05) is 39.3 Å². The molecule has 3 heteroatoms. The van der Waals surface area contributed by atoms with Gasteiger partial charge in [0.15, 0.2) is 0 Å². The fraction of sp³-hybridized carbons (Fsp3) is 0.333. The van der Waals surface area contributed by atoms with Crippen LogP contribution in [0.3, 0.4) is 0 Å². The van der Waals surface area contributed by atoms with Crippen LogP contribution in [0.5, 0.6) is 5.75 Å². The van der Waals surface area contributed by atoms with Crippen molar-refractivity contribution < 1.29 is 14.5 Å². The number of rotatable bonds is 7. The maximum absolute atomic E-state index is 6.09. The largest absolute Gasteiger partial charge is 0.493 e. The maximum atomic E-state index is 6.09. The summed E-state index contributed by atoms with van der Waals surface area (Å²) < 4.78 is 6.09. The summed E-state index contributed by atoms with van der Waals surface area (Å²) in [6.07, 6.45) is 1.12. The van der Waals surface area contributed by atoms with Crippen LogP contribution in [0, 0.1) is 0 Å². The van der Waals surface area contributed by atoms with E-state index in [1.54, 1.807) is 9.80 Å². The van der Waals surface area contributed by atoms with Crippen LogP contribution in [0.4, 0.5) is 0 Å². The van der Waals surface area contributed by atoms with E-state index >= 15 is 0 Å². The molecule has 4 rings (SSSR count). The van der Waals surface area contributed by atoms with Gasteiger partial charge in [0.1, 0.15) is 38.5 Å². The molecule has 0 atom stereocenters. The van der Waals surface area contributed by atoms with Crippen molar-refractivity contribution in [2.45, 2.75) is 13.0 Å². The Balaban J connectivity index is 1.18. The van der Waals surface area contributed by atoms with Crippen LogP contribution in [0.15, 0.2) is 72.8 Å². The van der Waals surface area contributed by atoms with Crippen molar-refractivity contribution in [3.8, 4) is 5.75 Å². The average molecular weight is 363 g/mol. The van der Waals surface area contributed by atoms with Crippen molar-refractivity contribution in [1.29, 1.82) is 0 Å². The second-order valence-electron chi connectivity index (χ2n) is 7.59. The van der Waals surface area contributed by atoms with Gasteiger partial charge < -0.3 is 14.5 Å². The SMILES string of the molecule is c1ccc(C[NH+]2CC[NH+](CCCOc3cccc4ccccc34)CC2)cc1. The number of ether oxygens (including phenoxy) is 1. The molecule has 1 heterocycles. The molecule has 0 aromatic heterocycles. The van der Waals surface area contributed by atoms with Crippen LogP contribution in [0.25, 0.3) is 10.8 Å². The molecule has 1 saturated heterocycles. The topological polar surface area (TPSA) is 18.1 Å². The number of fused-ring (bicyclic) bond motifs is 1. The van der Waals surface area contributed by atoms with E-state index in [1.165, 1.54) is 49.1 Å². The van der Waals surface area contributed by atoms with Crippen LogP contribution in [-0.2, 0) is 6.54 Å². The van der Waals surface area contributed by atoms with Gasteiger partial charge in [0.2, 0.25) is 0 Å². The van der Waals surface area contributed by atoms with Gasteiger partial charge in [-0.2, -0.15) is 0 Å². The number of benzene rings is 3. The summed E-state index contributed by atoms with van der Waals surface area (Å²) in [6, 6.07) is 25.6. The molecule has 1 aliphatic heterocycles. The molecule has 0 amide bonds. The predicted molar refractivity (Wildman–Crippen MR) is 110 cm³/mol. The Hall–Kier alpha value is -2.36. The first kappa shape index (κ1) is 18.0. The van der Waals surface area contributed by atoms with Crippen molar-refractivity contribution in [1.82, 2.24) is 0 Å². The van der Waals surface area contributed by atoms with Gasteiger partial charge in [-0.05, 0) is 11.5 Å². The lowest BCUT2D eigenvalue weighted by molar-refractivity contribution is -1.02. The molecule has 2 N–H and O–H groups in total. The van der Waals surface area contributed by atoms with Gasteiger partial charge in [0.25, 0.3) is 0 Å². The second kappa shape index (κ2) is 9.03. The highest BCUT2D eigenvalue weighted by Crippen LogP contribution is 2.25. The third-order valence-corrected chi connectivity index (χ3v) is 5.64. The predicted octanol–water partition coefficient (Wildman–Crippen LogP) is 1.59. The second-order valence-corrected chi connectivity index (χ2v) is 7.59. The number of quaternary nitrogens is 2. The van der Waals surface area contributed by atoms with Crippen molar-refractivity contribution in [3.05, 3.63) is 78.4 Å². The van der Waals surface area contributed by atoms with Gasteiger partial charge in [0.05, 0.1) is 13.2 Å². The normalized spacial score (nSPS) is 19.9. The van der Waals surface area contributed by atoms with Crippen LogP contribution in [0.2, 0.25) is 0 Å². The quantitative estimate of drug-likeness (QED) is 0.611. The van der Waals surface area contributed by atoms with E-state index in [2.05, 4.69) is 72.8 Å². The smallest absolute Gasteiger partial charge is 0.127 e. The Morgan fingerprint density at radius 3 is 2.26 bits per heavy atom. The molecule has 140 valence electrons. The van der Waals surface area contributed by atoms with Gasteiger partial charge in [-0.1, -0.05) is 66.7 Å². The molecule has 3 nitrogen and oxygen atoms in total. The number of nitrogens with one attached hydrogen (secondary N) is 2. The zero-order valence-electron chi connectivity index (χ0n) is 16.0. The molecular weight excluding hydrogens is 332 g/mol. The Morgan fingerprint density at radius 1 is 0.704 bits per heavy atom. The summed E-state index contributed by atoms with van der Waals surface area (Å²) in [4.78, 5) is 3.45. The van der Waals surface area contributed by atoms with Crippen LogP contribution in [-0.4, -0.2) is 39.3 Å². The number of piperazine rings is 1. The van der Waals surface area contributed by atoms with Crippen molar-refractivity contribution in [3.63, 3.8) is 0 Å². The molecule has 1 aliphatic rings. The Bertz CT molecular complexity index is 836. The summed E-state index contributed by atoms with van der Waals surface area (Å²) in [5, 5.41) is 2.46. The maximum Gasteiger partial charge on any atom is 0.127 e. The molecule has 0 bridgehead atoms. The molecule has 3 aromatic carbocycles. The number of hydrogen-bond acceptors (Lipinski definition) is 1. The Kier molecular flexibility index (Phi) is 6.03. The lowest BCUT2D eigenvalue weighted by atomic mass is 10.1. The lowest BCUT2D eigenvalue weighted by Gasteiger charge is -2.29. The van der Waals surface area contributed by atoms with Crippen LogP contribution < -0.4 is 14.5 Å². The minimum Gasteiger partial charge on any atom is -0.493 e. The first-order valence-corrected chi connectivity index (χ1v) is 10.2. The van der Waals surface area contributed by atoms with E-state index in [9.17, 15) is 0 Å². The molecule has 27 heavy (non-hydrogen) atoms. The summed E-state index contributed by atoms with van der Waals surface area (Å²) >= 11 is 0. The molecular formula is C24H30N2O+2. The van der Waals surface area contributed by atoms with E-state index < -0.39 is 0 Å². The highest BCUT2D eigenvalue weighted by atomic mass is 16.5. The standard InChI is InChI=1S/C24H28N2O/c1-2-8-21(9-3-1)20-26-17-15-25(16-18-26)14-7-19-27-24-13-6-11-22-10-4-5-12-23(22)24/h1-6,8-13H,7,14-20H2/p+2. The fourth-order valence-electron chi connectivity index (χ4n) is 4.09. The zero-order valence-corrected chi connectivity index (χ0v) is 16.0. The third kappa shape index (κ3) is 4.88. The molecule has 0 aliphatic carbocycles. The van der Waals surface area contributed by atoms with Crippen molar-refractivity contribution in [2.24, 2.45) is 0 Å². The molecule has 1 fully saturated rings. The molecule has 3 aromatic rings. The Morgan fingerprint density at radius 2 is 1.41 bits per heavy atom. The van der Waals surface area contributed by atoms with Crippen LogP contribution in [0.1, 0.15) is 12.0 Å². The minimum atomic E-state index is 0.804. The fourth-order valence-corrected chi connectivity index (χ4v) is 4.09. The zero-order chi connectivity index (χ0) is 18.3. The monoisotopic (exact) mass is 362 g/mol. The highest BCUT2D eigenvalue weighted by molar-refractivity contribution is 5.88. The van der Waals surface area contributed by atoms with Gasteiger partial charge in [0, 0.05) is 17.4 Å². The van der Waals surface area contributed by atoms with Crippen LogP contribution >= 0.6 is 0 Å². The molecule has 0 saturated carbocycles. The summed E-state index contributed by atoms with van der Waals surface area (Å²) in [7, 11) is 0. The van der Waals surface area contributed by atoms with Gasteiger partial charge in [-0.3, -0.25) is 0 Å². The summed E-state index contributed by atoms with van der Waals surface area (Å²) in [5.74, 6) is 1.01. The lowest BCUT2D eigenvalue weighted by Crippen LogP contribution is -3.27. The molecule has 0 spiro atoms. The first-order valence-electron chi connectivity index (χ1n) is 10.2. The molecule has 0 unspecified atom stereocenters. The number of hydrogen-bond donors (Lipinski definition) is 2. The van der Waals surface area contributed by atoms with Gasteiger partial charge >= 0.3 is 0 Å². The van der Waals surface area contributed by atoms with E-state index in [-0.39, 0.29) is 0 Å². The Labute approximate surface area is 162 Å². The molecule has 0 radical (unpaired) electrons.